The zero-order valence-electron chi connectivity index (χ0n) is 21.3. The number of hydrogen-bond donors (Lipinski definition) is 2. The van der Waals surface area contributed by atoms with E-state index in [1.807, 2.05) is 55.5 Å². The summed E-state index contributed by atoms with van der Waals surface area (Å²) >= 11 is 0. The molecule has 0 radical (unpaired) electrons. The Labute approximate surface area is 221 Å². The van der Waals surface area contributed by atoms with Crippen molar-refractivity contribution < 1.29 is 23.5 Å². The van der Waals surface area contributed by atoms with Gasteiger partial charge in [0.2, 0.25) is 0 Å². The van der Waals surface area contributed by atoms with E-state index in [4.69, 9.17) is 9.47 Å². The average molecular weight is 513 g/mol. The lowest BCUT2D eigenvalue weighted by atomic mass is 9.75. The molecule has 1 heterocycles. The molecule has 1 atom stereocenters. The summed E-state index contributed by atoms with van der Waals surface area (Å²) in [6.07, 6.45) is 1.92. The maximum absolute atomic E-state index is 13.6. The minimum atomic E-state index is -0.587. The monoisotopic (exact) mass is 512 g/mol. The van der Waals surface area contributed by atoms with Crippen molar-refractivity contribution in [2.75, 3.05) is 12.4 Å². The fraction of sp³-hybridized carbons (Fsp3) is 0.226. The second kappa shape index (κ2) is 10.9. The van der Waals surface area contributed by atoms with E-state index in [0.717, 1.165) is 29.7 Å². The Hall–Kier alpha value is -4.39. The van der Waals surface area contributed by atoms with Crippen molar-refractivity contribution in [2.24, 2.45) is 0 Å². The lowest BCUT2D eigenvalue weighted by molar-refractivity contribution is -0.116. The van der Waals surface area contributed by atoms with Crippen LogP contribution in [0.15, 0.2) is 95.3 Å². The lowest BCUT2D eigenvalue weighted by Gasteiger charge is -2.34. The number of Topliss-reactive ketones (excluding diaryl/α,β-unsaturated/α-hetero) is 1. The van der Waals surface area contributed by atoms with Crippen molar-refractivity contribution >= 4 is 17.4 Å². The Morgan fingerprint density at radius 2 is 1.79 bits per heavy atom. The van der Waals surface area contributed by atoms with Gasteiger partial charge in [0.05, 0.1) is 7.11 Å². The summed E-state index contributed by atoms with van der Waals surface area (Å²) < 4.78 is 25.1. The highest BCUT2D eigenvalue weighted by Crippen LogP contribution is 2.44. The molecule has 1 amide bonds. The summed E-state index contributed by atoms with van der Waals surface area (Å²) in [5.41, 5.74) is 4.80. The first-order valence-corrected chi connectivity index (χ1v) is 12.6. The van der Waals surface area contributed by atoms with E-state index in [-0.39, 0.29) is 17.5 Å². The van der Waals surface area contributed by atoms with E-state index in [9.17, 15) is 14.0 Å². The molecule has 7 heteroatoms. The number of hydrogen-bond acceptors (Lipinski definition) is 5. The van der Waals surface area contributed by atoms with Gasteiger partial charge in [-0.15, -0.1) is 0 Å². The number of halogens is 1. The second-order valence-corrected chi connectivity index (χ2v) is 9.41. The van der Waals surface area contributed by atoms with Crippen LogP contribution < -0.4 is 20.1 Å². The predicted octanol–water partition coefficient (Wildman–Crippen LogP) is 6.02. The summed E-state index contributed by atoms with van der Waals surface area (Å²) in [4.78, 5) is 26.8. The van der Waals surface area contributed by atoms with Gasteiger partial charge in [-0.05, 0) is 67.3 Å². The van der Waals surface area contributed by atoms with Crippen molar-refractivity contribution in [1.29, 1.82) is 0 Å². The minimum Gasteiger partial charge on any atom is -0.493 e. The second-order valence-electron chi connectivity index (χ2n) is 9.41. The summed E-state index contributed by atoms with van der Waals surface area (Å²) in [5.74, 6) is -0.238. The summed E-state index contributed by atoms with van der Waals surface area (Å²) in [6, 6.07) is 21.0. The Kier molecular flexibility index (Phi) is 7.26. The Bertz CT molecular complexity index is 1430. The van der Waals surface area contributed by atoms with Crippen LogP contribution in [0, 0.1) is 5.82 Å². The number of benzene rings is 3. The normalized spacial score (nSPS) is 17.0. The highest BCUT2D eigenvalue weighted by atomic mass is 19.1. The molecule has 0 fully saturated rings. The summed E-state index contributed by atoms with van der Waals surface area (Å²) in [7, 11) is 1.57. The number of methoxy groups -OCH3 is 1. The van der Waals surface area contributed by atoms with Crippen LogP contribution in [-0.4, -0.2) is 18.8 Å². The maximum Gasteiger partial charge on any atom is 0.254 e. The summed E-state index contributed by atoms with van der Waals surface area (Å²) in [5, 5.41) is 6.18. The van der Waals surface area contributed by atoms with E-state index >= 15 is 0 Å². The first-order chi connectivity index (χ1) is 18.4. The molecule has 5 rings (SSSR count). The van der Waals surface area contributed by atoms with Gasteiger partial charge >= 0.3 is 0 Å². The number of ether oxygens (including phenoxy) is 2. The van der Waals surface area contributed by atoms with E-state index in [1.54, 1.807) is 7.11 Å². The van der Waals surface area contributed by atoms with Crippen molar-refractivity contribution in [1.82, 2.24) is 5.32 Å². The number of carbonyl (C=O) groups excluding carboxylic acids is 2. The van der Waals surface area contributed by atoms with E-state index < -0.39 is 5.92 Å². The van der Waals surface area contributed by atoms with Crippen molar-refractivity contribution in [3.05, 3.63) is 112 Å². The largest absolute Gasteiger partial charge is 0.493 e. The molecule has 0 spiro atoms. The third-order valence-electron chi connectivity index (χ3n) is 6.88. The number of ketones is 1. The molecule has 2 aliphatic rings. The van der Waals surface area contributed by atoms with Gasteiger partial charge < -0.3 is 20.1 Å². The molecule has 3 aromatic rings. The molecule has 3 aromatic carbocycles. The first-order valence-electron chi connectivity index (χ1n) is 12.6. The van der Waals surface area contributed by atoms with Gasteiger partial charge in [0, 0.05) is 40.6 Å². The number of dihydropyridines is 1. The molecule has 1 aliphatic carbocycles. The molecule has 2 N–H and O–H groups in total. The zero-order chi connectivity index (χ0) is 26.6. The van der Waals surface area contributed by atoms with Crippen molar-refractivity contribution in [2.45, 2.75) is 38.7 Å². The van der Waals surface area contributed by atoms with Gasteiger partial charge in [0.25, 0.3) is 5.91 Å². The number of carbonyl (C=O) groups is 2. The van der Waals surface area contributed by atoms with Crippen molar-refractivity contribution in [3.8, 4) is 11.5 Å². The maximum atomic E-state index is 13.6. The fourth-order valence-electron chi connectivity index (χ4n) is 5.07. The molecule has 0 saturated carbocycles. The van der Waals surface area contributed by atoms with Crippen molar-refractivity contribution in [3.63, 3.8) is 0 Å². The van der Waals surface area contributed by atoms with Crippen LogP contribution in [0.4, 0.5) is 10.1 Å². The fourth-order valence-corrected chi connectivity index (χ4v) is 5.07. The van der Waals surface area contributed by atoms with Crippen LogP contribution in [0.2, 0.25) is 0 Å². The van der Waals surface area contributed by atoms with Crippen LogP contribution in [-0.2, 0) is 16.2 Å². The van der Waals surface area contributed by atoms with Gasteiger partial charge in [-0.2, -0.15) is 0 Å². The molecular weight excluding hydrogens is 483 g/mol. The molecule has 194 valence electrons. The highest BCUT2D eigenvalue weighted by molar-refractivity contribution is 6.09. The van der Waals surface area contributed by atoms with E-state index in [0.29, 0.717) is 47.1 Å². The lowest BCUT2D eigenvalue weighted by Crippen LogP contribution is -2.35. The van der Waals surface area contributed by atoms with Gasteiger partial charge in [-0.3, -0.25) is 9.59 Å². The van der Waals surface area contributed by atoms with Crippen LogP contribution >= 0.6 is 0 Å². The molecule has 1 aliphatic heterocycles. The first kappa shape index (κ1) is 25.3. The van der Waals surface area contributed by atoms with E-state index in [1.165, 1.54) is 24.3 Å². The quantitative estimate of drug-likeness (QED) is 0.405. The number of nitrogens with one attached hydrogen (secondary N) is 2. The third kappa shape index (κ3) is 5.18. The standard InChI is InChI=1S/C31H29FN2O4/c1-19-28(31(36)34-23-14-12-22(32)13-15-23)29(30-24(33-19)9-6-10-25(30)35)21-11-16-26(27(17-21)37-2)38-18-20-7-4-3-5-8-20/h3-5,7-8,11-17,29,33H,6,9-10,18H2,1-2H3,(H,34,36). The molecule has 6 nitrogen and oxygen atoms in total. The van der Waals surface area contributed by atoms with Gasteiger partial charge in [-0.25, -0.2) is 4.39 Å². The van der Waals surface area contributed by atoms with Gasteiger partial charge in [-0.1, -0.05) is 36.4 Å². The SMILES string of the molecule is COc1cc(C2C(C(=O)Nc3ccc(F)cc3)=C(C)NC3=C2C(=O)CCC3)ccc1OCc1ccccc1. The Balaban J connectivity index is 1.51. The molecular formula is C31H29FN2O4. The Morgan fingerprint density at radius 1 is 1.03 bits per heavy atom. The van der Waals surface area contributed by atoms with Crippen LogP contribution in [0.5, 0.6) is 11.5 Å². The van der Waals surface area contributed by atoms with Gasteiger partial charge in [0.1, 0.15) is 12.4 Å². The number of allylic oxidation sites excluding steroid dienone is 3. The molecule has 0 aromatic heterocycles. The van der Waals surface area contributed by atoms with Crippen LogP contribution in [0.3, 0.4) is 0 Å². The zero-order valence-corrected chi connectivity index (χ0v) is 21.3. The molecule has 1 unspecified atom stereocenters. The number of amides is 1. The van der Waals surface area contributed by atoms with Gasteiger partial charge in [0.15, 0.2) is 17.3 Å². The average Bonchev–Trinajstić information content (AvgIpc) is 2.93. The number of rotatable bonds is 7. The number of anilines is 1. The van der Waals surface area contributed by atoms with Crippen LogP contribution in [0.25, 0.3) is 0 Å². The Morgan fingerprint density at radius 3 is 2.53 bits per heavy atom. The molecule has 38 heavy (non-hydrogen) atoms. The molecule has 0 bridgehead atoms. The smallest absolute Gasteiger partial charge is 0.254 e. The third-order valence-corrected chi connectivity index (χ3v) is 6.88. The van der Waals surface area contributed by atoms with E-state index in [2.05, 4.69) is 10.6 Å². The molecule has 0 saturated heterocycles. The minimum absolute atomic E-state index is 0.0201. The summed E-state index contributed by atoms with van der Waals surface area (Å²) in [6.45, 7) is 2.21. The topological polar surface area (TPSA) is 76.7 Å². The highest BCUT2D eigenvalue weighted by Gasteiger charge is 2.38. The van der Waals surface area contributed by atoms with Crippen LogP contribution in [0.1, 0.15) is 43.2 Å². The predicted molar refractivity (Wildman–Crippen MR) is 143 cm³/mol.